The molecule has 0 radical (unpaired) electrons. The fourth-order valence-corrected chi connectivity index (χ4v) is 1.25. The first kappa shape index (κ1) is 14.0. The zero-order valence-corrected chi connectivity index (χ0v) is 10.4. The molecular weight excluding hydrogens is 254 g/mol. The molecule has 1 amide bonds. The minimum absolute atomic E-state index is 0.0635. The van der Waals surface area contributed by atoms with Gasteiger partial charge in [0, 0.05) is 10.6 Å². The van der Waals surface area contributed by atoms with E-state index in [2.05, 4.69) is 23.2 Å². The second-order valence-electron chi connectivity index (χ2n) is 3.33. The van der Waals surface area contributed by atoms with Crippen molar-refractivity contribution in [2.24, 2.45) is 0 Å². The summed E-state index contributed by atoms with van der Waals surface area (Å²) < 4.78 is 4.66. The van der Waals surface area contributed by atoms with E-state index in [1.807, 2.05) is 0 Å². The third-order valence-electron chi connectivity index (χ3n) is 1.97. The second-order valence-corrected chi connectivity index (χ2v) is 3.76. The Balaban J connectivity index is 2.61. The van der Waals surface area contributed by atoms with E-state index in [0.717, 1.165) is 0 Å². The maximum Gasteiger partial charge on any atom is 0.412 e. The summed E-state index contributed by atoms with van der Waals surface area (Å²) in [6.07, 6.45) is 0.672. The lowest BCUT2D eigenvalue weighted by Gasteiger charge is -2.07. The number of hydrogen-bond donors (Lipinski definition) is 1. The highest BCUT2D eigenvalue weighted by Crippen LogP contribution is 2.11. The molecule has 0 aliphatic heterocycles. The van der Waals surface area contributed by atoms with E-state index in [1.54, 1.807) is 24.3 Å². The first-order valence-electron chi connectivity index (χ1n) is 5.08. The van der Waals surface area contributed by atoms with Crippen LogP contribution in [0.2, 0.25) is 5.02 Å². The number of carbonyl (C=O) groups excluding carboxylic acids is 2. The molecule has 5 heteroatoms. The summed E-state index contributed by atoms with van der Waals surface area (Å²) in [6, 6.07) is 6.26. The Morgan fingerprint density at radius 3 is 2.50 bits per heavy atom. The fraction of sp³-hybridized carbons (Fsp3) is 0.0769. The molecule has 0 aliphatic rings. The number of Topliss-reactive ketones (excluding diaryl/α,β-unsaturated/α-hetero) is 1. The quantitative estimate of drug-likeness (QED) is 0.506. The molecule has 0 saturated carbocycles. The predicted molar refractivity (Wildman–Crippen MR) is 69.6 cm³/mol. The van der Waals surface area contributed by atoms with E-state index < -0.39 is 11.9 Å². The molecule has 0 aliphatic carbocycles. The molecule has 1 N–H and O–H groups in total. The largest absolute Gasteiger partial charge is 0.445 e. The van der Waals surface area contributed by atoms with Crippen molar-refractivity contribution in [3.63, 3.8) is 0 Å². The smallest absolute Gasteiger partial charge is 0.412 e. The van der Waals surface area contributed by atoms with Crippen LogP contribution in [0.1, 0.15) is 10.4 Å². The lowest BCUT2D eigenvalue weighted by molar-refractivity contribution is 0.102. The highest BCUT2D eigenvalue weighted by Gasteiger charge is 2.13. The van der Waals surface area contributed by atoms with E-state index in [0.29, 0.717) is 10.6 Å². The Labute approximate surface area is 110 Å². The summed E-state index contributed by atoms with van der Waals surface area (Å²) in [5.74, 6) is -0.401. The van der Waals surface area contributed by atoms with Crippen molar-refractivity contribution in [2.45, 2.75) is 0 Å². The van der Waals surface area contributed by atoms with Crippen LogP contribution in [0, 0.1) is 0 Å². The molecule has 1 aromatic rings. The Bertz CT molecular complexity index is 480. The standard InChI is InChI=1S/C13H12ClNO3/c1-3-8-18-13(17)15-9(2)12(16)10-4-6-11(14)7-5-10/h3-7H,1-2,8H2,(H,15,17). The number of benzene rings is 1. The molecule has 0 unspecified atom stereocenters. The lowest BCUT2D eigenvalue weighted by Crippen LogP contribution is -2.27. The van der Waals surface area contributed by atoms with Crippen molar-refractivity contribution in [1.82, 2.24) is 5.32 Å². The van der Waals surface area contributed by atoms with Gasteiger partial charge in [-0.2, -0.15) is 0 Å². The van der Waals surface area contributed by atoms with Gasteiger partial charge in [0.25, 0.3) is 0 Å². The first-order valence-corrected chi connectivity index (χ1v) is 5.46. The van der Waals surface area contributed by atoms with Gasteiger partial charge in [0.05, 0.1) is 5.70 Å². The minimum Gasteiger partial charge on any atom is -0.445 e. The van der Waals surface area contributed by atoms with Gasteiger partial charge in [0.1, 0.15) is 6.61 Å². The Morgan fingerprint density at radius 1 is 1.33 bits per heavy atom. The second kappa shape index (κ2) is 6.61. The van der Waals surface area contributed by atoms with Crippen LogP contribution in [-0.2, 0) is 4.74 Å². The van der Waals surface area contributed by atoms with E-state index in [-0.39, 0.29) is 12.3 Å². The van der Waals surface area contributed by atoms with E-state index in [4.69, 9.17) is 11.6 Å². The van der Waals surface area contributed by atoms with Crippen LogP contribution in [-0.4, -0.2) is 18.5 Å². The van der Waals surface area contributed by atoms with Gasteiger partial charge in [-0.15, -0.1) is 0 Å². The Kier molecular flexibility index (Phi) is 5.14. The molecule has 0 spiro atoms. The van der Waals surface area contributed by atoms with Gasteiger partial charge in [0.2, 0.25) is 5.78 Å². The summed E-state index contributed by atoms with van der Waals surface area (Å²) in [5, 5.41) is 2.77. The number of ether oxygens (including phenoxy) is 1. The molecule has 18 heavy (non-hydrogen) atoms. The summed E-state index contributed by atoms with van der Waals surface area (Å²) in [6.45, 7) is 6.94. The van der Waals surface area contributed by atoms with E-state index in [1.165, 1.54) is 6.08 Å². The highest BCUT2D eigenvalue weighted by molar-refractivity contribution is 6.30. The third-order valence-corrected chi connectivity index (χ3v) is 2.22. The first-order chi connectivity index (χ1) is 8.54. The molecule has 0 fully saturated rings. The monoisotopic (exact) mass is 265 g/mol. The van der Waals surface area contributed by atoms with Crippen molar-refractivity contribution >= 4 is 23.5 Å². The number of rotatable bonds is 5. The molecule has 0 heterocycles. The molecule has 1 rings (SSSR count). The zero-order chi connectivity index (χ0) is 13.5. The summed E-state index contributed by atoms with van der Waals surface area (Å²) in [4.78, 5) is 23.0. The maximum absolute atomic E-state index is 11.8. The number of nitrogens with one attached hydrogen (secondary N) is 1. The molecular formula is C13H12ClNO3. The number of carbonyl (C=O) groups is 2. The summed E-state index contributed by atoms with van der Waals surface area (Å²) in [5.41, 5.74) is 0.319. The van der Waals surface area contributed by atoms with Gasteiger partial charge >= 0.3 is 6.09 Å². The maximum atomic E-state index is 11.8. The van der Waals surface area contributed by atoms with Crippen LogP contribution in [0.5, 0.6) is 0 Å². The summed E-state index contributed by atoms with van der Waals surface area (Å²) >= 11 is 5.70. The van der Waals surface area contributed by atoms with Crippen molar-refractivity contribution in [1.29, 1.82) is 0 Å². The predicted octanol–water partition coefficient (Wildman–Crippen LogP) is 2.95. The molecule has 0 saturated heterocycles. The molecule has 94 valence electrons. The fourth-order valence-electron chi connectivity index (χ4n) is 1.13. The summed E-state index contributed by atoms with van der Waals surface area (Å²) in [7, 11) is 0. The van der Waals surface area contributed by atoms with Gasteiger partial charge < -0.3 is 4.74 Å². The van der Waals surface area contributed by atoms with Crippen molar-refractivity contribution in [3.8, 4) is 0 Å². The Morgan fingerprint density at radius 2 is 1.94 bits per heavy atom. The average Bonchev–Trinajstić information content (AvgIpc) is 2.36. The van der Waals surface area contributed by atoms with Gasteiger partial charge in [-0.1, -0.05) is 30.8 Å². The van der Waals surface area contributed by atoms with Gasteiger partial charge in [-0.25, -0.2) is 4.79 Å². The van der Waals surface area contributed by atoms with Gasteiger partial charge in [0.15, 0.2) is 0 Å². The van der Waals surface area contributed by atoms with E-state index >= 15 is 0 Å². The van der Waals surface area contributed by atoms with Crippen LogP contribution in [0.3, 0.4) is 0 Å². The topological polar surface area (TPSA) is 55.4 Å². The zero-order valence-electron chi connectivity index (χ0n) is 9.61. The van der Waals surface area contributed by atoms with Crippen LogP contribution >= 0.6 is 11.6 Å². The Hall–Kier alpha value is -2.07. The normalized spacial score (nSPS) is 9.39. The number of ketones is 1. The lowest BCUT2D eigenvalue weighted by atomic mass is 10.1. The van der Waals surface area contributed by atoms with E-state index in [9.17, 15) is 9.59 Å². The number of hydrogen-bond acceptors (Lipinski definition) is 3. The molecule has 1 aromatic carbocycles. The van der Waals surface area contributed by atoms with Crippen molar-refractivity contribution in [3.05, 3.63) is 59.8 Å². The average molecular weight is 266 g/mol. The highest BCUT2D eigenvalue weighted by atomic mass is 35.5. The number of amides is 1. The van der Waals surface area contributed by atoms with Crippen LogP contribution in [0.15, 0.2) is 49.2 Å². The van der Waals surface area contributed by atoms with Crippen LogP contribution in [0.4, 0.5) is 4.79 Å². The van der Waals surface area contributed by atoms with Gasteiger partial charge in [-0.3, -0.25) is 10.1 Å². The molecule has 0 bridgehead atoms. The van der Waals surface area contributed by atoms with Gasteiger partial charge in [-0.05, 0) is 24.3 Å². The third kappa shape index (κ3) is 4.07. The SMILES string of the molecule is C=CCOC(=O)NC(=C)C(=O)c1ccc(Cl)cc1. The molecule has 0 aromatic heterocycles. The minimum atomic E-state index is -0.748. The van der Waals surface area contributed by atoms with Crippen LogP contribution < -0.4 is 5.32 Å². The van der Waals surface area contributed by atoms with Crippen molar-refractivity contribution < 1.29 is 14.3 Å². The van der Waals surface area contributed by atoms with Crippen molar-refractivity contribution in [2.75, 3.05) is 6.61 Å². The number of allylic oxidation sites excluding steroid dienone is 1. The molecule has 4 nitrogen and oxygen atoms in total. The van der Waals surface area contributed by atoms with Crippen LogP contribution in [0.25, 0.3) is 0 Å². The number of halogens is 1. The molecule has 0 atom stereocenters. The number of alkyl carbamates (subject to hydrolysis) is 1.